The number of aromatic nitrogens is 3. The Morgan fingerprint density at radius 2 is 1.63 bits per heavy atom. The summed E-state index contributed by atoms with van der Waals surface area (Å²) in [5.74, 6) is 1.70. The molecule has 4 heteroatoms. The van der Waals surface area contributed by atoms with E-state index in [0.29, 0.717) is 0 Å². The first-order valence-electron chi connectivity index (χ1n) is 8.80. The first-order chi connectivity index (χ1) is 13.3. The van der Waals surface area contributed by atoms with Crippen LogP contribution in [0.15, 0.2) is 85.2 Å². The first kappa shape index (κ1) is 15.6. The van der Waals surface area contributed by atoms with E-state index in [2.05, 4.69) is 52.0 Å². The number of methoxy groups -OCH3 is 1. The van der Waals surface area contributed by atoms with Crippen LogP contribution in [-0.4, -0.2) is 21.6 Å². The summed E-state index contributed by atoms with van der Waals surface area (Å²) in [6.07, 6.45) is 3.67. The van der Waals surface area contributed by atoms with Crippen molar-refractivity contribution in [3.63, 3.8) is 0 Å². The number of nitrogens with zero attached hydrogens (tertiary/aromatic N) is 3. The zero-order valence-corrected chi connectivity index (χ0v) is 14.8. The predicted molar refractivity (Wildman–Crippen MR) is 108 cm³/mol. The summed E-state index contributed by atoms with van der Waals surface area (Å²) < 4.78 is 7.62. The van der Waals surface area contributed by atoms with Gasteiger partial charge < -0.3 is 4.74 Å². The smallest absolute Gasteiger partial charge is 0.137 e. The Morgan fingerprint density at radius 3 is 2.41 bits per heavy atom. The molecule has 27 heavy (non-hydrogen) atoms. The molecule has 4 nitrogen and oxygen atoms in total. The van der Waals surface area contributed by atoms with Crippen LogP contribution in [0.5, 0.6) is 5.75 Å². The molecule has 0 fully saturated rings. The van der Waals surface area contributed by atoms with E-state index in [1.54, 1.807) is 13.3 Å². The van der Waals surface area contributed by atoms with Crippen LogP contribution in [0, 0.1) is 0 Å². The molecular weight excluding hydrogens is 334 g/mol. The maximum atomic E-state index is 5.44. The fourth-order valence-corrected chi connectivity index (χ4v) is 3.53. The van der Waals surface area contributed by atoms with Crippen LogP contribution < -0.4 is 4.74 Å². The number of hydrogen-bond donors (Lipinski definition) is 0. The Bertz CT molecular complexity index is 1240. The van der Waals surface area contributed by atoms with Gasteiger partial charge in [-0.2, -0.15) is 0 Å². The van der Waals surface area contributed by atoms with Crippen molar-refractivity contribution < 1.29 is 4.74 Å². The van der Waals surface area contributed by atoms with E-state index < -0.39 is 0 Å². The minimum atomic E-state index is 0.830. The molecule has 3 heterocycles. The highest BCUT2D eigenvalue weighted by Crippen LogP contribution is 2.33. The van der Waals surface area contributed by atoms with E-state index >= 15 is 0 Å². The van der Waals surface area contributed by atoms with Crippen LogP contribution in [0.4, 0.5) is 0 Å². The van der Waals surface area contributed by atoms with Crippen LogP contribution >= 0.6 is 0 Å². The standard InChI is InChI=1S/C23H17N3O/c1-27-17-10-11-19-18-6-2-3-8-21(18)26(22(19)14-17)23-12-9-16(15-25-23)20-7-4-5-13-24-20/h2-15H,1H3. The minimum absolute atomic E-state index is 0.830. The molecule has 5 rings (SSSR count). The number of fused-ring (bicyclic) bond motifs is 3. The number of ether oxygens (including phenoxy) is 1. The molecule has 0 saturated heterocycles. The average molecular weight is 351 g/mol. The molecule has 0 aliphatic heterocycles. The molecular formula is C23H17N3O. The summed E-state index contributed by atoms with van der Waals surface area (Å²) in [6, 6.07) is 24.5. The summed E-state index contributed by atoms with van der Waals surface area (Å²) >= 11 is 0. The molecule has 0 bridgehead atoms. The van der Waals surface area contributed by atoms with Gasteiger partial charge >= 0.3 is 0 Å². The van der Waals surface area contributed by atoms with E-state index in [4.69, 9.17) is 9.72 Å². The van der Waals surface area contributed by atoms with Gasteiger partial charge in [0.05, 0.1) is 23.8 Å². The van der Waals surface area contributed by atoms with E-state index in [0.717, 1.165) is 33.9 Å². The van der Waals surface area contributed by atoms with Gasteiger partial charge in [0.15, 0.2) is 0 Å². The Kier molecular flexibility index (Phi) is 3.61. The third kappa shape index (κ3) is 2.54. The van der Waals surface area contributed by atoms with Crippen molar-refractivity contribution in [1.82, 2.24) is 14.5 Å². The van der Waals surface area contributed by atoms with Gasteiger partial charge in [0.1, 0.15) is 11.6 Å². The van der Waals surface area contributed by atoms with Gasteiger partial charge in [0.25, 0.3) is 0 Å². The quantitative estimate of drug-likeness (QED) is 0.446. The highest BCUT2D eigenvalue weighted by molar-refractivity contribution is 6.09. The molecule has 3 aromatic heterocycles. The molecule has 0 unspecified atom stereocenters. The van der Waals surface area contributed by atoms with E-state index in [-0.39, 0.29) is 0 Å². The zero-order valence-electron chi connectivity index (χ0n) is 14.8. The lowest BCUT2D eigenvalue weighted by Gasteiger charge is -2.08. The number of para-hydroxylation sites is 1. The predicted octanol–water partition coefficient (Wildman–Crippen LogP) is 5.25. The molecule has 0 spiro atoms. The fraction of sp³-hybridized carbons (Fsp3) is 0.0435. The Morgan fingerprint density at radius 1 is 0.778 bits per heavy atom. The maximum Gasteiger partial charge on any atom is 0.137 e. The van der Waals surface area contributed by atoms with Crippen LogP contribution in [-0.2, 0) is 0 Å². The number of hydrogen-bond acceptors (Lipinski definition) is 3. The van der Waals surface area contributed by atoms with Gasteiger partial charge in [-0.05, 0) is 42.5 Å². The van der Waals surface area contributed by atoms with E-state index in [1.165, 1.54) is 10.8 Å². The Balaban J connectivity index is 1.73. The van der Waals surface area contributed by atoms with Gasteiger partial charge in [-0.1, -0.05) is 24.3 Å². The second-order valence-corrected chi connectivity index (χ2v) is 6.36. The normalized spacial score (nSPS) is 11.1. The van der Waals surface area contributed by atoms with Crippen molar-refractivity contribution in [2.24, 2.45) is 0 Å². The third-order valence-corrected chi connectivity index (χ3v) is 4.82. The van der Waals surface area contributed by atoms with Crippen molar-refractivity contribution in [1.29, 1.82) is 0 Å². The van der Waals surface area contributed by atoms with Crippen LogP contribution in [0.3, 0.4) is 0 Å². The maximum absolute atomic E-state index is 5.44. The minimum Gasteiger partial charge on any atom is -0.497 e. The molecule has 130 valence electrons. The zero-order chi connectivity index (χ0) is 18.2. The molecule has 0 aliphatic rings. The molecule has 5 aromatic rings. The number of benzene rings is 2. The summed E-state index contributed by atoms with van der Waals surface area (Å²) in [7, 11) is 1.69. The number of rotatable bonds is 3. The van der Waals surface area contributed by atoms with Crippen LogP contribution in [0.2, 0.25) is 0 Å². The molecule has 0 amide bonds. The average Bonchev–Trinajstić information content (AvgIpc) is 3.08. The first-order valence-corrected chi connectivity index (χ1v) is 8.80. The summed E-state index contributed by atoms with van der Waals surface area (Å²) in [5.41, 5.74) is 4.12. The second-order valence-electron chi connectivity index (χ2n) is 6.36. The van der Waals surface area contributed by atoms with Gasteiger partial charge in [-0.25, -0.2) is 4.98 Å². The lowest BCUT2D eigenvalue weighted by Crippen LogP contribution is -1.97. The molecule has 0 atom stereocenters. The van der Waals surface area contributed by atoms with E-state index in [1.807, 2.05) is 36.5 Å². The van der Waals surface area contributed by atoms with Gasteiger partial charge in [-0.3, -0.25) is 9.55 Å². The topological polar surface area (TPSA) is 39.9 Å². The molecule has 0 radical (unpaired) electrons. The monoisotopic (exact) mass is 351 g/mol. The summed E-state index contributed by atoms with van der Waals surface area (Å²) in [5, 5.41) is 2.38. The SMILES string of the molecule is COc1ccc2c3ccccc3n(-c3ccc(-c4ccccn4)cn3)c2c1. The van der Waals surface area contributed by atoms with Crippen molar-refractivity contribution in [2.75, 3.05) is 7.11 Å². The largest absolute Gasteiger partial charge is 0.497 e. The lowest BCUT2D eigenvalue weighted by atomic mass is 10.1. The highest BCUT2D eigenvalue weighted by atomic mass is 16.5. The molecule has 0 N–H and O–H groups in total. The van der Waals surface area contributed by atoms with E-state index in [9.17, 15) is 0 Å². The molecule has 0 saturated carbocycles. The lowest BCUT2D eigenvalue weighted by molar-refractivity contribution is 0.415. The van der Waals surface area contributed by atoms with Crippen LogP contribution in [0.25, 0.3) is 38.9 Å². The second kappa shape index (κ2) is 6.25. The van der Waals surface area contributed by atoms with Gasteiger partial charge in [-0.15, -0.1) is 0 Å². The number of pyridine rings is 2. The Hall–Kier alpha value is -3.66. The van der Waals surface area contributed by atoms with Gasteiger partial charge in [0.2, 0.25) is 0 Å². The molecule has 0 aliphatic carbocycles. The van der Waals surface area contributed by atoms with Crippen molar-refractivity contribution in [2.45, 2.75) is 0 Å². The van der Waals surface area contributed by atoms with Crippen LogP contribution in [0.1, 0.15) is 0 Å². The van der Waals surface area contributed by atoms with Gasteiger partial charge in [0, 0.05) is 34.8 Å². The summed E-state index contributed by atoms with van der Waals surface area (Å²) in [4.78, 5) is 9.14. The van der Waals surface area contributed by atoms with Crippen molar-refractivity contribution in [3.05, 3.63) is 85.2 Å². The fourth-order valence-electron chi connectivity index (χ4n) is 3.53. The van der Waals surface area contributed by atoms with Crippen molar-refractivity contribution in [3.8, 4) is 22.8 Å². The van der Waals surface area contributed by atoms with Crippen molar-refractivity contribution >= 4 is 21.8 Å². The third-order valence-electron chi connectivity index (χ3n) is 4.82. The highest BCUT2D eigenvalue weighted by Gasteiger charge is 2.13. The Labute approximate surface area is 156 Å². The molecule has 2 aromatic carbocycles. The summed E-state index contributed by atoms with van der Waals surface area (Å²) in [6.45, 7) is 0.